The van der Waals surface area contributed by atoms with Gasteiger partial charge in [0.25, 0.3) is 0 Å². The fraction of sp³-hybridized carbons (Fsp3) is 0.474. The lowest BCUT2D eigenvalue weighted by atomic mass is 9.93. The number of thiazole rings is 1. The van der Waals surface area contributed by atoms with E-state index in [4.69, 9.17) is 4.98 Å². The molecule has 4 nitrogen and oxygen atoms in total. The summed E-state index contributed by atoms with van der Waals surface area (Å²) in [6.07, 6.45) is 0.838. The highest BCUT2D eigenvalue weighted by Gasteiger charge is 2.17. The van der Waals surface area contributed by atoms with Crippen molar-refractivity contribution in [3.8, 4) is 0 Å². The number of hydrogen-bond acceptors (Lipinski definition) is 3. The third kappa shape index (κ3) is 7.19. The number of nitrogens with zero attached hydrogens (tertiary/aromatic N) is 2. The highest BCUT2D eigenvalue weighted by Crippen LogP contribution is 2.23. The summed E-state index contributed by atoms with van der Waals surface area (Å²) in [5.41, 5.74) is 1.81. The predicted octanol–water partition coefficient (Wildman–Crippen LogP) is 4.50. The highest BCUT2D eigenvalue weighted by molar-refractivity contribution is 14.0. The molecular formula is C19H28FIN4S. The van der Waals surface area contributed by atoms with Crippen LogP contribution in [-0.2, 0) is 18.4 Å². The largest absolute Gasteiger partial charge is 0.357 e. The van der Waals surface area contributed by atoms with Gasteiger partial charge in [0.2, 0.25) is 0 Å². The van der Waals surface area contributed by atoms with Crippen molar-refractivity contribution in [2.45, 2.75) is 46.1 Å². The number of benzene rings is 1. The van der Waals surface area contributed by atoms with Crippen LogP contribution in [0.2, 0.25) is 0 Å². The Balaban J connectivity index is 0.00000338. The summed E-state index contributed by atoms with van der Waals surface area (Å²) in [5, 5.41) is 9.72. The average molecular weight is 490 g/mol. The van der Waals surface area contributed by atoms with Crippen LogP contribution in [0.4, 0.5) is 4.39 Å². The minimum absolute atomic E-state index is 0. The molecule has 7 heteroatoms. The number of rotatable bonds is 6. The molecule has 0 radical (unpaired) electrons. The molecule has 2 N–H and O–H groups in total. The standard InChI is InChI=1S/C19H27FN4S.HI/c1-5-21-18(23-12-14-8-6-7-9-15(14)20)22-11-10-17-24-16(13-25-17)19(2,3)4;/h6-9,13H,5,10-12H2,1-4H3,(H2,21,22,23);1H. The van der Waals surface area contributed by atoms with Crippen molar-refractivity contribution in [1.29, 1.82) is 0 Å². The Morgan fingerprint density at radius 1 is 1.23 bits per heavy atom. The third-order valence-corrected chi connectivity index (χ3v) is 4.57. The molecule has 144 valence electrons. The predicted molar refractivity (Wildman–Crippen MR) is 119 cm³/mol. The fourth-order valence-electron chi connectivity index (χ4n) is 2.19. The van der Waals surface area contributed by atoms with Crippen LogP contribution in [0.3, 0.4) is 0 Å². The van der Waals surface area contributed by atoms with Gasteiger partial charge in [0.1, 0.15) is 5.82 Å². The molecule has 0 atom stereocenters. The summed E-state index contributed by atoms with van der Waals surface area (Å²) in [5.74, 6) is 0.470. The Morgan fingerprint density at radius 2 is 1.96 bits per heavy atom. The monoisotopic (exact) mass is 490 g/mol. The van der Waals surface area contributed by atoms with E-state index < -0.39 is 0 Å². The van der Waals surface area contributed by atoms with Crippen LogP contribution in [0.1, 0.15) is 44.0 Å². The molecule has 0 fully saturated rings. The van der Waals surface area contributed by atoms with Crippen molar-refractivity contribution in [3.63, 3.8) is 0 Å². The molecule has 1 aromatic heterocycles. The topological polar surface area (TPSA) is 49.3 Å². The number of guanidine groups is 1. The SMILES string of the molecule is CCNC(=NCc1ccccc1F)NCCc1nc(C(C)(C)C)cs1.I. The normalized spacial score (nSPS) is 11.8. The molecule has 2 rings (SSSR count). The summed E-state index contributed by atoms with van der Waals surface area (Å²) in [4.78, 5) is 9.16. The quantitative estimate of drug-likeness (QED) is 0.356. The average Bonchev–Trinajstić information content (AvgIpc) is 3.03. The molecule has 0 bridgehead atoms. The molecule has 0 aliphatic heterocycles. The van der Waals surface area contributed by atoms with Crippen LogP contribution in [0.15, 0.2) is 34.6 Å². The number of aliphatic imine (C=N–C) groups is 1. The zero-order valence-corrected chi connectivity index (χ0v) is 19.0. The zero-order chi connectivity index (χ0) is 18.3. The van der Waals surface area contributed by atoms with Gasteiger partial charge in [0.05, 0.1) is 17.2 Å². The first-order valence-corrected chi connectivity index (χ1v) is 9.48. The van der Waals surface area contributed by atoms with E-state index in [0.717, 1.165) is 30.2 Å². The van der Waals surface area contributed by atoms with Crippen molar-refractivity contribution in [3.05, 3.63) is 51.7 Å². The molecule has 1 aromatic carbocycles. The number of aromatic nitrogens is 1. The van der Waals surface area contributed by atoms with Gasteiger partial charge in [-0.2, -0.15) is 0 Å². The van der Waals surface area contributed by atoms with Gasteiger partial charge >= 0.3 is 0 Å². The Kier molecular flexibility index (Phi) is 9.49. The van der Waals surface area contributed by atoms with Gasteiger partial charge in [-0.15, -0.1) is 35.3 Å². The fourth-order valence-corrected chi connectivity index (χ4v) is 3.22. The first kappa shape index (κ1) is 22.8. The van der Waals surface area contributed by atoms with Gasteiger partial charge in [-0.25, -0.2) is 14.4 Å². The molecule has 0 aliphatic rings. The van der Waals surface area contributed by atoms with E-state index in [9.17, 15) is 4.39 Å². The van der Waals surface area contributed by atoms with Gasteiger partial charge in [-0.05, 0) is 13.0 Å². The molecule has 0 saturated heterocycles. The molecule has 2 aromatic rings. The summed E-state index contributed by atoms with van der Waals surface area (Å²) < 4.78 is 13.7. The van der Waals surface area contributed by atoms with E-state index in [1.54, 1.807) is 23.5 Å². The molecule has 1 heterocycles. The second kappa shape index (κ2) is 10.8. The first-order valence-electron chi connectivity index (χ1n) is 8.60. The Morgan fingerprint density at radius 3 is 2.58 bits per heavy atom. The third-order valence-electron chi connectivity index (χ3n) is 3.66. The van der Waals surface area contributed by atoms with Crippen molar-refractivity contribution >= 4 is 41.3 Å². The maximum absolute atomic E-state index is 13.7. The summed E-state index contributed by atoms with van der Waals surface area (Å²) in [6, 6.07) is 6.72. The van der Waals surface area contributed by atoms with E-state index in [0.29, 0.717) is 18.1 Å². The Bertz CT molecular complexity index is 710. The van der Waals surface area contributed by atoms with Crippen molar-refractivity contribution < 1.29 is 4.39 Å². The molecule has 0 amide bonds. The molecule has 26 heavy (non-hydrogen) atoms. The second-order valence-corrected chi connectivity index (χ2v) is 7.78. The lowest BCUT2D eigenvalue weighted by Crippen LogP contribution is -2.38. The highest BCUT2D eigenvalue weighted by atomic mass is 127. The molecule has 0 unspecified atom stereocenters. The van der Waals surface area contributed by atoms with Gasteiger partial charge < -0.3 is 10.6 Å². The summed E-state index contributed by atoms with van der Waals surface area (Å²) >= 11 is 1.69. The minimum Gasteiger partial charge on any atom is -0.357 e. The van der Waals surface area contributed by atoms with Crippen LogP contribution in [0.25, 0.3) is 0 Å². The van der Waals surface area contributed by atoms with E-state index in [1.165, 1.54) is 6.07 Å². The van der Waals surface area contributed by atoms with E-state index >= 15 is 0 Å². The van der Waals surface area contributed by atoms with Gasteiger partial charge in [-0.1, -0.05) is 39.0 Å². The smallest absolute Gasteiger partial charge is 0.191 e. The van der Waals surface area contributed by atoms with Gasteiger partial charge in [0, 0.05) is 35.9 Å². The van der Waals surface area contributed by atoms with Crippen LogP contribution in [-0.4, -0.2) is 24.0 Å². The number of hydrogen-bond donors (Lipinski definition) is 2. The van der Waals surface area contributed by atoms with Crippen molar-refractivity contribution in [1.82, 2.24) is 15.6 Å². The van der Waals surface area contributed by atoms with Crippen LogP contribution < -0.4 is 10.6 Å². The second-order valence-electron chi connectivity index (χ2n) is 6.84. The van der Waals surface area contributed by atoms with Crippen molar-refractivity contribution in [2.24, 2.45) is 4.99 Å². The van der Waals surface area contributed by atoms with Crippen LogP contribution in [0.5, 0.6) is 0 Å². The molecule has 0 aliphatic carbocycles. The molecule has 0 spiro atoms. The maximum Gasteiger partial charge on any atom is 0.191 e. The number of halogens is 2. The van der Waals surface area contributed by atoms with Crippen molar-refractivity contribution in [2.75, 3.05) is 13.1 Å². The van der Waals surface area contributed by atoms with Crippen LogP contribution >= 0.6 is 35.3 Å². The van der Waals surface area contributed by atoms with E-state index in [2.05, 4.69) is 41.8 Å². The van der Waals surface area contributed by atoms with E-state index in [1.807, 2.05) is 13.0 Å². The number of nitrogens with one attached hydrogen (secondary N) is 2. The van der Waals surface area contributed by atoms with Crippen LogP contribution in [0, 0.1) is 5.82 Å². The Labute approximate surface area is 176 Å². The lowest BCUT2D eigenvalue weighted by Gasteiger charge is -2.14. The van der Waals surface area contributed by atoms with Gasteiger partial charge in [0.15, 0.2) is 5.96 Å². The summed E-state index contributed by atoms with van der Waals surface area (Å²) in [7, 11) is 0. The Hall–Kier alpha value is -1.22. The summed E-state index contributed by atoms with van der Waals surface area (Å²) in [6.45, 7) is 10.3. The molecule has 0 saturated carbocycles. The molecular weight excluding hydrogens is 462 g/mol. The van der Waals surface area contributed by atoms with Gasteiger partial charge in [-0.3, -0.25) is 0 Å². The first-order chi connectivity index (χ1) is 11.9. The zero-order valence-electron chi connectivity index (χ0n) is 15.8. The maximum atomic E-state index is 13.7. The van der Waals surface area contributed by atoms with E-state index in [-0.39, 0.29) is 35.2 Å². The lowest BCUT2D eigenvalue weighted by molar-refractivity contribution is 0.570. The minimum atomic E-state index is -0.223.